The van der Waals surface area contributed by atoms with Crippen molar-refractivity contribution in [3.05, 3.63) is 150 Å². The number of esters is 1. The molecule has 6 fully saturated rings. The van der Waals surface area contributed by atoms with E-state index in [2.05, 4.69) is 155 Å². The van der Waals surface area contributed by atoms with E-state index in [4.69, 9.17) is 18.9 Å². The van der Waals surface area contributed by atoms with Gasteiger partial charge in [-0.3, -0.25) is 4.79 Å². The van der Waals surface area contributed by atoms with Crippen LogP contribution in [0.5, 0.6) is 17.2 Å². The number of benzene rings is 6. The Morgan fingerprint density at radius 1 is 0.582 bits per heavy atom. The maximum atomic E-state index is 14.2. The molecule has 0 spiro atoms. The van der Waals surface area contributed by atoms with E-state index < -0.39 is 0 Å². The van der Waals surface area contributed by atoms with E-state index in [9.17, 15) is 4.79 Å². The van der Waals surface area contributed by atoms with E-state index in [1.807, 2.05) is 0 Å². The van der Waals surface area contributed by atoms with E-state index in [1.165, 1.54) is 69.5 Å². The molecule has 67 heavy (non-hydrogen) atoms. The molecule has 0 aromatic heterocycles. The van der Waals surface area contributed by atoms with Gasteiger partial charge in [0.1, 0.15) is 35.6 Å². The quantitative estimate of drug-likeness (QED) is 0.0674. The first-order valence-electron chi connectivity index (χ1n) is 25.9. The van der Waals surface area contributed by atoms with E-state index in [-0.39, 0.29) is 23.1 Å². The minimum Gasteiger partial charge on any atom is -0.493 e. The summed E-state index contributed by atoms with van der Waals surface area (Å²) in [7, 11) is 0. The van der Waals surface area contributed by atoms with Crippen LogP contribution in [0.4, 0.5) is 0 Å². The number of carbonyl (C=O) groups is 1. The van der Waals surface area contributed by atoms with Gasteiger partial charge in [-0.25, -0.2) is 0 Å². The molecule has 12 rings (SSSR count). The summed E-state index contributed by atoms with van der Waals surface area (Å²) in [6.07, 6.45) is 13.2. The molecule has 6 saturated carbocycles. The lowest BCUT2D eigenvalue weighted by Gasteiger charge is -2.60. The zero-order valence-electron chi connectivity index (χ0n) is 40.3. The van der Waals surface area contributed by atoms with E-state index in [0.717, 1.165) is 81.1 Å². The molecule has 0 N–H and O–H groups in total. The standard InChI is InChI=1S/C62H70O5/c1-40(2)37-64-56-20-15-48(16-21-56)42(4)26-54(25-41(3)47-12-9-43(10-13-47)38-65-58-24-19-52-30-50-7-5-6-8-51(50)31-55(52)32-58)49-17-22-57(23-18-49)67-62-35-45-27-46(36-62)34-61(33-45,39-62)60(63)66-59-29-44-11-14-53(59)28-44/h5-10,12-13,15-24,30-32,40-42,44-46,53-54,59H,11,14,25-29,33-39H2,1-4H3. The molecule has 6 aromatic carbocycles. The van der Waals surface area contributed by atoms with Crippen molar-refractivity contribution in [2.75, 3.05) is 6.61 Å². The number of rotatable bonds is 17. The van der Waals surface area contributed by atoms with Crippen LogP contribution in [0.15, 0.2) is 127 Å². The summed E-state index contributed by atoms with van der Waals surface area (Å²) in [5.41, 5.74) is 4.55. The first-order chi connectivity index (χ1) is 32.5. The molecule has 348 valence electrons. The van der Waals surface area contributed by atoms with Crippen molar-refractivity contribution in [2.24, 2.45) is 35.0 Å². The van der Waals surface area contributed by atoms with Crippen LogP contribution in [0.1, 0.15) is 145 Å². The van der Waals surface area contributed by atoms with Crippen LogP contribution in [-0.4, -0.2) is 24.3 Å². The summed E-state index contributed by atoms with van der Waals surface area (Å²) in [5, 5.41) is 4.92. The van der Waals surface area contributed by atoms with Gasteiger partial charge in [-0.1, -0.05) is 107 Å². The Hall–Kier alpha value is -5.29. The summed E-state index contributed by atoms with van der Waals surface area (Å²) in [6, 6.07) is 46.4. The fraction of sp³-hybridized carbons (Fsp3) is 0.468. The highest BCUT2D eigenvalue weighted by Crippen LogP contribution is 2.63. The number of fused-ring (bicyclic) bond motifs is 4. The van der Waals surface area contributed by atoms with Crippen LogP contribution in [-0.2, 0) is 16.1 Å². The van der Waals surface area contributed by atoms with Crippen molar-refractivity contribution in [1.82, 2.24) is 0 Å². The molecule has 5 nitrogen and oxygen atoms in total. The molecule has 8 atom stereocenters. The largest absolute Gasteiger partial charge is 0.493 e. The molecule has 8 unspecified atom stereocenters. The summed E-state index contributed by atoms with van der Waals surface area (Å²) < 4.78 is 26.0. The van der Waals surface area contributed by atoms with Gasteiger partial charge in [-0.2, -0.15) is 0 Å². The minimum absolute atomic E-state index is 0.101. The van der Waals surface area contributed by atoms with Gasteiger partial charge in [0.15, 0.2) is 0 Å². The van der Waals surface area contributed by atoms with Crippen molar-refractivity contribution < 1.29 is 23.7 Å². The third-order valence-corrected chi connectivity index (χ3v) is 17.0. The van der Waals surface area contributed by atoms with Gasteiger partial charge in [0.25, 0.3) is 0 Å². The molecule has 0 saturated heterocycles. The highest BCUT2D eigenvalue weighted by molar-refractivity contribution is 5.98. The smallest absolute Gasteiger partial charge is 0.312 e. The Labute approximate surface area is 399 Å². The maximum absolute atomic E-state index is 14.2. The fourth-order valence-corrected chi connectivity index (χ4v) is 14.0. The monoisotopic (exact) mass is 895 g/mol. The Kier molecular flexibility index (Phi) is 12.1. The van der Waals surface area contributed by atoms with Crippen LogP contribution >= 0.6 is 0 Å². The first-order valence-corrected chi connectivity index (χ1v) is 25.9. The minimum atomic E-state index is -0.375. The zero-order chi connectivity index (χ0) is 45.7. The SMILES string of the molecule is CC(C)COc1ccc(C(C)CC(CC(C)c2ccc(COc3ccc4cc5ccccc5cc4c3)cc2)c2ccc(OC34CC5CC(C3)CC(C(=O)OC3CC6CCC3C6)(C5)C4)cc2)cc1. The van der Waals surface area contributed by atoms with Gasteiger partial charge in [-0.15, -0.1) is 0 Å². The lowest BCUT2D eigenvalue weighted by atomic mass is 9.48. The van der Waals surface area contributed by atoms with Crippen LogP contribution in [0.25, 0.3) is 21.5 Å². The van der Waals surface area contributed by atoms with Crippen LogP contribution < -0.4 is 14.2 Å². The lowest BCUT2D eigenvalue weighted by molar-refractivity contribution is -0.196. The predicted octanol–water partition coefficient (Wildman–Crippen LogP) is 15.5. The maximum Gasteiger partial charge on any atom is 0.312 e. The molecule has 0 radical (unpaired) electrons. The average Bonchev–Trinajstić information content (AvgIpc) is 3.96. The summed E-state index contributed by atoms with van der Waals surface area (Å²) in [4.78, 5) is 14.2. The zero-order valence-corrected chi connectivity index (χ0v) is 40.3. The number of hydrogen-bond acceptors (Lipinski definition) is 5. The highest BCUT2D eigenvalue weighted by Gasteiger charge is 2.63. The van der Waals surface area contributed by atoms with Crippen molar-refractivity contribution in [2.45, 2.75) is 141 Å². The van der Waals surface area contributed by atoms with Crippen molar-refractivity contribution in [1.29, 1.82) is 0 Å². The summed E-state index contributed by atoms with van der Waals surface area (Å²) in [5.74, 6) is 6.86. The number of hydrogen-bond donors (Lipinski definition) is 0. The van der Waals surface area contributed by atoms with Crippen molar-refractivity contribution in [3.8, 4) is 17.2 Å². The number of ether oxygens (including phenoxy) is 4. The first kappa shape index (κ1) is 44.2. The predicted molar refractivity (Wildman–Crippen MR) is 270 cm³/mol. The second-order valence-electron chi connectivity index (χ2n) is 22.7. The summed E-state index contributed by atoms with van der Waals surface area (Å²) >= 11 is 0. The molecular formula is C62H70O5. The summed E-state index contributed by atoms with van der Waals surface area (Å²) in [6.45, 7) is 10.4. The second kappa shape index (κ2) is 18.3. The topological polar surface area (TPSA) is 54.0 Å². The molecule has 0 aliphatic heterocycles. The molecule has 6 aliphatic carbocycles. The Morgan fingerprint density at radius 2 is 1.19 bits per heavy atom. The highest BCUT2D eigenvalue weighted by atomic mass is 16.5. The Balaban J connectivity index is 0.776. The normalized spacial score (nSPS) is 27.3. The second-order valence-corrected chi connectivity index (χ2v) is 22.7. The molecule has 0 amide bonds. The average molecular weight is 895 g/mol. The van der Waals surface area contributed by atoms with E-state index >= 15 is 0 Å². The molecule has 6 bridgehead atoms. The molecule has 6 aromatic rings. The third kappa shape index (κ3) is 9.46. The van der Waals surface area contributed by atoms with Gasteiger partial charge in [0, 0.05) is 6.42 Å². The van der Waals surface area contributed by atoms with Crippen molar-refractivity contribution >= 4 is 27.5 Å². The van der Waals surface area contributed by atoms with Gasteiger partial charge in [0.2, 0.25) is 0 Å². The lowest BCUT2D eigenvalue weighted by Crippen LogP contribution is -2.61. The van der Waals surface area contributed by atoms with Gasteiger partial charge >= 0.3 is 5.97 Å². The third-order valence-electron chi connectivity index (χ3n) is 17.0. The van der Waals surface area contributed by atoms with Gasteiger partial charge in [0.05, 0.1) is 12.0 Å². The molecular weight excluding hydrogens is 825 g/mol. The van der Waals surface area contributed by atoms with E-state index in [1.54, 1.807) is 0 Å². The Bertz CT molecular complexity index is 2670. The van der Waals surface area contributed by atoms with Crippen LogP contribution in [0.2, 0.25) is 0 Å². The van der Waals surface area contributed by atoms with E-state index in [0.29, 0.717) is 48.0 Å². The molecule has 0 heterocycles. The van der Waals surface area contributed by atoms with Gasteiger partial charge < -0.3 is 18.9 Å². The van der Waals surface area contributed by atoms with Crippen LogP contribution in [0.3, 0.4) is 0 Å². The fourth-order valence-electron chi connectivity index (χ4n) is 14.0. The Morgan fingerprint density at radius 3 is 1.84 bits per heavy atom. The molecule has 5 heteroatoms. The number of carbonyl (C=O) groups excluding carboxylic acids is 1. The van der Waals surface area contributed by atoms with Crippen molar-refractivity contribution in [3.63, 3.8) is 0 Å². The molecule has 6 aliphatic rings. The van der Waals surface area contributed by atoms with Crippen LogP contribution in [0, 0.1) is 35.0 Å². The van der Waals surface area contributed by atoms with Gasteiger partial charge in [-0.05, 0) is 210 Å².